The van der Waals surface area contributed by atoms with Crippen molar-refractivity contribution in [2.45, 2.75) is 13.0 Å². The minimum atomic E-state index is -0.950. The first kappa shape index (κ1) is 12.4. The molecule has 2 rings (SSSR count). The molecule has 0 aliphatic rings. The molecule has 0 saturated carbocycles. The van der Waals surface area contributed by atoms with Gasteiger partial charge in [-0.1, -0.05) is 23.7 Å². The van der Waals surface area contributed by atoms with Gasteiger partial charge in [0.15, 0.2) is 0 Å². The van der Waals surface area contributed by atoms with Crippen LogP contribution in [0.4, 0.5) is 0 Å². The van der Waals surface area contributed by atoms with Crippen LogP contribution in [-0.2, 0) is 17.8 Å². The van der Waals surface area contributed by atoms with Crippen molar-refractivity contribution in [1.82, 2.24) is 9.78 Å². The van der Waals surface area contributed by atoms with E-state index in [1.54, 1.807) is 18.2 Å². The molecule has 0 fully saturated rings. The minimum Gasteiger partial charge on any atom is -0.508 e. The fourth-order valence-corrected chi connectivity index (χ4v) is 1.85. The Balaban J connectivity index is 2.20. The van der Waals surface area contributed by atoms with Gasteiger partial charge in [0.25, 0.3) is 0 Å². The van der Waals surface area contributed by atoms with Crippen LogP contribution in [-0.4, -0.2) is 26.0 Å². The highest BCUT2D eigenvalue weighted by molar-refractivity contribution is 6.30. The van der Waals surface area contributed by atoms with Gasteiger partial charge < -0.3 is 10.2 Å². The Morgan fingerprint density at radius 2 is 2.22 bits per heavy atom. The van der Waals surface area contributed by atoms with E-state index >= 15 is 0 Å². The Morgan fingerprint density at radius 3 is 2.89 bits per heavy atom. The maximum absolute atomic E-state index is 10.6. The summed E-state index contributed by atoms with van der Waals surface area (Å²) in [7, 11) is 0. The molecule has 0 saturated heterocycles. The van der Waals surface area contributed by atoms with Crippen molar-refractivity contribution >= 4 is 17.6 Å². The van der Waals surface area contributed by atoms with Crippen molar-refractivity contribution in [2.75, 3.05) is 0 Å². The summed E-state index contributed by atoms with van der Waals surface area (Å²) in [5, 5.41) is 22.4. The lowest BCUT2D eigenvalue weighted by Crippen LogP contribution is -2.03. The number of nitrogens with zero attached hydrogens (tertiary/aromatic N) is 2. The maximum atomic E-state index is 10.6. The van der Waals surface area contributed by atoms with E-state index in [1.807, 2.05) is 6.07 Å². The molecule has 6 heteroatoms. The van der Waals surface area contributed by atoms with Gasteiger partial charge in [-0.15, -0.1) is 0 Å². The van der Waals surface area contributed by atoms with Gasteiger partial charge in [0.2, 0.25) is 0 Å². The predicted molar refractivity (Wildman–Crippen MR) is 65.8 cm³/mol. The number of benzene rings is 1. The number of halogens is 1. The van der Waals surface area contributed by atoms with Crippen molar-refractivity contribution in [3.63, 3.8) is 0 Å². The number of phenols is 1. The summed E-state index contributed by atoms with van der Waals surface area (Å²) in [6.07, 6.45) is 1.29. The summed E-state index contributed by atoms with van der Waals surface area (Å²) in [5.74, 6) is -0.782. The lowest BCUT2D eigenvalue weighted by atomic mass is 10.2. The molecule has 0 unspecified atom stereocenters. The zero-order valence-electron chi connectivity index (χ0n) is 9.38. The number of aromatic nitrogens is 2. The van der Waals surface area contributed by atoms with Gasteiger partial charge in [-0.3, -0.25) is 4.79 Å². The minimum absolute atomic E-state index is 0.154. The van der Waals surface area contributed by atoms with E-state index < -0.39 is 5.97 Å². The van der Waals surface area contributed by atoms with Crippen LogP contribution in [0, 0.1) is 0 Å². The SMILES string of the molecule is O=C(O)Cc1cnn(Cc2cccc(O)c2)c1Cl. The third-order valence-corrected chi connectivity index (χ3v) is 2.87. The third kappa shape index (κ3) is 2.81. The van der Waals surface area contributed by atoms with Crippen LogP contribution >= 0.6 is 11.6 Å². The first-order valence-corrected chi connectivity index (χ1v) is 5.64. The van der Waals surface area contributed by atoms with Crippen molar-refractivity contribution in [3.8, 4) is 5.75 Å². The largest absolute Gasteiger partial charge is 0.508 e. The van der Waals surface area contributed by atoms with Crippen molar-refractivity contribution in [1.29, 1.82) is 0 Å². The normalized spacial score (nSPS) is 10.5. The smallest absolute Gasteiger partial charge is 0.307 e. The Hall–Kier alpha value is -2.01. The zero-order chi connectivity index (χ0) is 13.1. The van der Waals surface area contributed by atoms with Crippen LogP contribution in [0.3, 0.4) is 0 Å². The fraction of sp³-hybridized carbons (Fsp3) is 0.167. The molecule has 1 aromatic carbocycles. The summed E-state index contributed by atoms with van der Waals surface area (Å²) < 4.78 is 1.49. The van der Waals surface area contributed by atoms with Gasteiger partial charge in [0, 0.05) is 5.56 Å². The average molecular weight is 267 g/mol. The van der Waals surface area contributed by atoms with E-state index in [1.165, 1.54) is 10.9 Å². The summed E-state index contributed by atoms with van der Waals surface area (Å²) in [6, 6.07) is 6.73. The van der Waals surface area contributed by atoms with E-state index in [9.17, 15) is 9.90 Å². The van der Waals surface area contributed by atoms with Gasteiger partial charge in [0.1, 0.15) is 10.9 Å². The topological polar surface area (TPSA) is 75.3 Å². The average Bonchev–Trinajstić information content (AvgIpc) is 2.61. The number of carboxylic acid groups (broad SMARTS) is 1. The van der Waals surface area contributed by atoms with Crippen LogP contribution < -0.4 is 0 Å². The first-order valence-electron chi connectivity index (χ1n) is 5.26. The highest BCUT2D eigenvalue weighted by Gasteiger charge is 2.11. The zero-order valence-corrected chi connectivity index (χ0v) is 10.1. The second-order valence-corrected chi connectivity index (χ2v) is 4.22. The lowest BCUT2D eigenvalue weighted by molar-refractivity contribution is -0.136. The van der Waals surface area contributed by atoms with Crippen LogP contribution in [0.25, 0.3) is 0 Å². The molecule has 18 heavy (non-hydrogen) atoms. The summed E-state index contributed by atoms with van der Waals surface area (Å²) in [4.78, 5) is 10.6. The van der Waals surface area contributed by atoms with Crippen LogP contribution in [0.1, 0.15) is 11.1 Å². The molecule has 0 bridgehead atoms. The quantitative estimate of drug-likeness (QED) is 0.886. The van der Waals surface area contributed by atoms with Gasteiger partial charge in [0.05, 0.1) is 19.2 Å². The van der Waals surface area contributed by atoms with Gasteiger partial charge in [-0.05, 0) is 17.7 Å². The van der Waals surface area contributed by atoms with Crippen LogP contribution in [0.2, 0.25) is 5.15 Å². The highest BCUT2D eigenvalue weighted by atomic mass is 35.5. The highest BCUT2D eigenvalue weighted by Crippen LogP contribution is 2.19. The van der Waals surface area contributed by atoms with Crippen molar-refractivity contribution in [3.05, 3.63) is 46.7 Å². The summed E-state index contributed by atoms with van der Waals surface area (Å²) >= 11 is 6.03. The van der Waals surface area contributed by atoms with E-state index in [-0.39, 0.29) is 12.2 Å². The maximum Gasteiger partial charge on any atom is 0.307 e. The molecule has 0 aliphatic heterocycles. The Morgan fingerprint density at radius 1 is 1.44 bits per heavy atom. The van der Waals surface area contributed by atoms with Gasteiger partial charge in [-0.25, -0.2) is 4.68 Å². The molecule has 1 aromatic heterocycles. The monoisotopic (exact) mass is 266 g/mol. The number of aliphatic carboxylic acids is 1. The van der Waals surface area contributed by atoms with Crippen LogP contribution in [0.15, 0.2) is 30.5 Å². The lowest BCUT2D eigenvalue weighted by Gasteiger charge is -2.04. The molecule has 2 aromatic rings. The van der Waals surface area contributed by atoms with Gasteiger partial charge >= 0.3 is 5.97 Å². The van der Waals surface area contributed by atoms with Crippen LogP contribution in [0.5, 0.6) is 5.75 Å². The number of phenolic OH excluding ortho intramolecular Hbond substituents is 1. The number of hydrogen-bond donors (Lipinski definition) is 2. The van der Waals surface area contributed by atoms with Crippen molar-refractivity contribution in [2.24, 2.45) is 0 Å². The second kappa shape index (κ2) is 5.10. The number of aromatic hydroxyl groups is 1. The third-order valence-electron chi connectivity index (χ3n) is 2.43. The van der Waals surface area contributed by atoms with Crippen molar-refractivity contribution < 1.29 is 15.0 Å². The summed E-state index contributed by atoms with van der Waals surface area (Å²) in [5.41, 5.74) is 1.31. The second-order valence-electron chi connectivity index (χ2n) is 3.86. The first-order chi connectivity index (χ1) is 8.56. The number of rotatable bonds is 4. The Bertz CT molecular complexity index is 580. The Labute approximate surface area is 108 Å². The fourth-order valence-electron chi connectivity index (χ4n) is 1.63. The number of hydrogen-bond acceptors (Lipinski definition) is 3. The molecule has 0 aliphatic carbocycles. The van der Waals surface area contributed by atoms with Gasteiger partial charge in [-0.2, -0.15) is 5.10 Å². The molecule has 1 heterocycles. The molecule has 0 atom stereocenters. The molecular formula is C12H11ClN2O3. The Kier molecular flexibility index (Phi) is 3.53. The molecule has 2 N–H and O–H groups in total. The molecule has 0 spiro atoms. The molecule has 0 radical (unpaired) electrons. The molecule has 5 nitrogen and oxygen atoms in total. The van der Waals surface area contributed by atoms with E-state index in [4.69, 9.17) is 16.7 Å². The standard InChI is InChI=1S/C12H11ClN2O3/c13-12-9(5-11(17)18)6-14-15(12)7-8-2-1-3-10(16)4-8/h1-4,6,16H,5,7H2,(H,17,18). The number of carbonyl (C=O) groups is 1. The van der Waals surface area contributed by atoms with E-state index in [0.29, 0.717) is 17.3 Å². The molecule has 94 valence electrons. The predicted octanol–water partition coefficient (Wildman–Crippen LogP) is 1.92. The van der Waals surface area contributed by atoms with E-state index in [0.717, 1.165) is 5.56 Å². The summed E-state index contributed by atoms with van der Waals surface area (Å²) in [6.45, 7) is 0.382. The van der Waals surface area contributed by atoms with E-state index in [2.05, 4.69) is 5.10 Å². The molecule has 0 amide bonds. The number of carboxylic acids is 1. The molecular weight excluding hydrogens is 256 g/mol.